The molecule has 1 aromatic carbocycles. The normalized spacial score (nSPS) is 19.1. The zero-order chi connectivity index (χ0) is 17.1. The minimum Gasteiger partial charge on any atom is -0.371 e. The molecular weight excluding hydrogens is 345 g/mol. The highest BCUT2D eigenvalue weighted by Gasteiger charge is 2.23. The van der Waals surface area contributed by atoms with Crippen LogP contribution in [-0.4, -0.2) is 34.1 Å². The molecule has 1 fully saturated rings. The average molecular weight is 368 g/mol. The van der Waals surface area contributed by atoms with Crippen LogP contribution in [0, 0.1) is 5.92 Å². The summed E-state index contributed by atoms with van der Waals surface area (Å²) in [5, 5.41) is 1.15. The van der Waals surface area contributed by atoms with Gasteiger partial charge in [0.05, 0.1) is 34.8 Å². The van der Waals surface area contributed by atoms with Crippen LogP contribution in [0.4, 0.5) is 0 Å². The molecule has 0 unspecified atom stereocenters. The topological polar surface area (TPSA) is 30.3 Å². The van der Waals surface area contributed by atoms with Gasteiger partial charge in [-0.3, -0.25) is 4.90 Å². The Morgan fingerprint density at radius 3 is 2.88 bits per heavy atom. The molecule has 1 atom stereocenters. The van der Waals surface area contributed by atoms with E-state index in [2.05, 4.69) is 28.3 Å². The van der Waals surface area contributed by atoms with E-state index in [0.29, 0.717) is 22.6 Å². The highest BCUT2D eigenvalue weighted by atomic mass is 35.5. The summed E-state index contributed by atoms with van der Waals surface area (Å²) in [6, 6.07) is 5.73. The number of nitrogens with zero attached hydrogens (tertiary/aromatic N) is 3. The highest BCUT2D eigenvalue weighted by molar-refractivity contribution is 6.42. The molecule has 1 aliphatic rings. The Kier molecular flexibility index (Phi) is 5.82. The van der Waals surface area contributed by atoms with E-state index < -0.39 is 0 Å². The number of ether oxygens (including phenoxy) is 1. The van der Waals surface area contributed by atoms with Crippen molar-refractivity contribution in [2.24, 2.45) is 5.92 Å². The lowest BCUT2D eigenvalue weighted by Gasteiger charge is -2.33. The van der Waals surface area contributed by atoms with E-state index in [1.165, 1.54) is 5.69 Å². The third kappa shape index (κ3) is 4.31. The molecule has 6 heteroatoms. The minimum atomic E-state index is 0.0231. The summed E-state index contributed by atoms with van der Waals surface area (Å²) in [5.41, 5.74) is 2.32. The fourth-order valence-corrected chi connectivity index (χ4v) is 3.33. The van der Waals surface area contributed by atoms with Crippen molar-refractivity contribution in [3.8, 4) is 0 Å². The summed E-state index contributed by atoms with van der Waals surface area (Å²) in [6.45, 7) is 8.79. The van der Waals surface area contributed by atoms with E-state index in [1.807, 2.05) is 30.7 Å². The lowest BCUT2D eigenvalue weighted by atomic mass is 10.1. The molecule has 0 N–H and O–H groups in total. The van der Waals surface area contributed by atoms with Crippen molar-refractivity contribution in [2.75, 3.05) is 19.7 Å². The van der Waals surface area contributed by atoms with E-state index in [4.69, 9.17) is 27.9 Å². The lowest BCUT2D eigenvalue weighted by Crippen LogP contribution is -2.38. The Balaban J connectivity index is 1.67. The van der Waals surface area contributed by atoms with E-state index in [0.717, 1.165) is 31.7 Å². The highest BCUT2D eigenvalue weighted by Crippen LogP contribution is 2.29. The SMILES string of the molecule is CC(C)Cn1cncc1CN1CCO[C@H](c2ccc(Cl)c(Cl)c2)C1. The van der Waals surface area contributed by atoms with Crippen LogP contribution in [0.3, 0.4) is 0 Å². The Hall–Kier alpha value is -1.07. The summed E-state index contributed by atoms with van der Waals surface area (Å²) in [6.07, 6.45) is 3.91. The molecule has 2 heterocycles. The van der Waals surface area contributed by atoms with Gasteiger partial charge in [-0.2, -0.15) is 0 Å². The average Bonchev–Trinajstić information content (AvgIpc) is 2.96. The first kappa shape index (κ1) is 17.7. The fraction of sp³-hybridized carbons (Fsp3) is 0.500. The maximum atomic E-state index is 6.14. The van der Waals surface area contributed by atoms with Gasteiger partial charge in [-0.1, -0.05) is 43.1 Å². The van der Waals surface area contributed by atoms with Crippen LogP contribution in [0.2, 0.25) is 10.0 Å². The van der Waals surface area contributed by atoms with Gasteiger partial charge in [0.15, 0.2) is 0 Å². The maximum Gasteiger partial charge on any atom is 0.0953 e. The number of hydrogen-bond acceptors (Lipinski definition) is 3. The minimum absolute atomic E-state index is 0.0231. The first-order valence-corrected chi connectivity index (χ1v) is 9.06. The van der Waals surface area contributed by atoms with Gasteiger partial charge in [-0.05, 0) is 23.6 Å². The Morgan fingerprint density at radius 2 is 2.12 bits per heavy atom. The van der Waals surface area contributed by atoms with Crippen molar-refractivity contribution in [2.45, 2.75) is 33.0 Å². The zero-order valence-corrected chi connectivity index (χ0v) is 15.6. The monoisotopic (exact) mass is 367 g/mol. The second-order valence-electron chi connectivity index (χ2n) is 6.70. The summed E-state index contributed by atoms with van der Waals surface area (Å²) >= 11 is 12.2. The van der Waals surface area contributed by atoms with Crippen molar-refractivity contribution in [1.29, 1.82) is 0 Å². The summed E-state index contributed by atoms with van der Waals surface area (Å²) in [4.78, 5) is 6.72. The van der Waals surface area contributed by atoms with Crippen molar-refractivity contribution in [3.63, 3.8) is 0 Å². The molecule has 0 amide bonds. The quantitative estimate of drug-likeness (QED) is 0.783. The summed E-state index contributed by atoms with van der Waals surface area (Å²) in [7, 11) is 0. The van der Waals surface area contributed by atoms with Crippen molar-refractivity contribution < 1.29 is 4.74 Å². The van der Waals surface area contributed by atoms with Gasteiger partial charge in [0.2, 0.25) is 0 Å². The van der Waals surface area contributed by atoms with Gasteiger partial charge < -0.3 is 9.30 Å². The maximum absolute atomic E-state index is 6.14. The summed E-state index contributed by atoms with van der Waals surface area (Å²) < 4.78 is 8.18. The third-order valence-electron chi connectivity index (χ3n) is 4.21. The molecule has 0 aliphatic carbocycles. The number of rotatable bonds is 5. The Bertz CT molecular complexity index is 687. The van der Waals surface area contributed by atoms with Crippen LogP contribution in [-0.2, 0) is 17.8 Å². The van der Waals surface area contributed by atoms with Gasteiger partial charge in [0.1, 0.15) is 0 Å². The largest absolute Gasteiger partial charge is 0.371 e. The molecule has 0 spiro atoms. The van der Waals surface area contributed by atoms with Crippen LogP contribution >= 0.6 is 23.2 Å². The molecular formula is C18H23Cl2N3O. The molecule has 4 nitrogen and oxygen atoms in total. The molecule has 1 aliphatic heterocycles. The second kappa shape index (κ2) is 7.87. The molecule has 0 saturated carbocycles. The number of imidazole rings is 1. The molecule has 2 aromatic rings. The predicted molar refractivity (Wildman–Crippen MR) is 97.5 cm³/mol. The van der Waals surface area contributed by atoms with Crippen LogP contribution in [0.15, 0.2) is 30.7 Å². The van der Waals surface area contributed by atoms with Crippen LogP contribution in [0.25, 0.3) is 0 Å². The number of hydrogen-bond donors (Lipinski definition) is 0. The van der Waals surface area contributed by atoms with Crippen molar-refractivity contribution in [1.82, 2.24) is 14.5 Å². The van der Waals surface area contributed by atoms with Gasteiger partial charge in [0.25, 0.3) is 0 Å². The molecule has 0 bridgehead atoms. The van der Waals surface area contributed by atoms with Crippen molar-refractivity contribution in [3.05, 3.63) is 52.0 Å². The second-order valence-corrected chi connectivity index (χ2v) is 7.51. The summed E-state index contributed by atoms with van der Waals surface area (Å²) in [5.74, 6) is 0.603. The van der Waals surface area contributed by atoms with Gasteiger partial charge in [0, 0.05) is 32.4 Å². The molecule has 1 saturated heterocycles. The van der Waals surface area contributed by atoms with Gasteiger partial charge >= 0.3 is 0 Å². The first-order chi connectivity index (χ1) is 11.5. The predicted octanol–water partition coefficient (Wildman–Crippen LogP) is 4.42. The van der Waals surface area contributed by atoms with E-state index in [1.54, 1.807) is 0 Å². The first-order valence-electron chi connectivity index (χ1n) is 8.31. The zero-order valence-electron chi connectivity index (χ0n) is 14.1. The molecule has 130 valence electrons. The van der Waals surface area contributed by atoms with E-state index in [9.17, 15) is 0 Å². The molecule has 24 heavy (non-hydrogen) atoms. The molecule has 0 radical (unpaired) electrons. The number of benzene rings is 1. The standard InChI is InChI=1S/C18H23Cl2N3O/c1-13(2)9-23-12-21-8-15(23)10-22-5-6-24-18(11-22)14-3-4-16(19)17(20)7-14/h3-4,7-8,12-13,18H,5-6,9-11H2,1-2H3/t18-/m0/s1. The van der Waals surface area contributed by atoms with Gasteiger partial charge in [-0.15, -0.1) is 0 Å². The molecule has 1 aromatic heterocycles. The van der Waals surface area contributed by atoms with Crippen LogP contribution < -0.4 is 0 Å². The number of morpholine rings is 1. The Labute approximate surface area is 153 Å². The van der Waals surface area contributed by atoms with E-state index in [-0.39, 0.29) is 6.10 Å². The number of aromatic nitrogens is 2. The third-order valence-corrected chi connectivity index (χ3v) is 4.95. The number of halogens is 2. The van der Waals surface area contributed by atoms with Gasteiger partial charge in [-0.25, -0.2) is 4.98 Å². The molecule has 3 rings (SSSR count). The van der Waals surface area contributed by atoms with E-state index >= 15 is 0 Å². The van der Waals surface area contributed by atoms with Crippen LogP contribution in [0.1, 0.15) is 31.2 Å². The smallest absolute Gasteiger partial charge is 0.0953 e. The fourth-order valence-electron chi connectivity index (χ4n) is 3.03. The van der Waals surface area contributed by atoms with Crippen molar-refractivity contribution >= 4 is 23.2 Å². The van der Waals surface area contributed by atoms with Crippen LogP contribution in [0.5, 0.6) is 0 Å². The Morgan fingerprint density at radius 1 is 1.29 bits per heavy atom. The lowest BCUT2D eigenvalue weighted by molar-refractivity contribution is -0.0336.